The van der Waals surface area contributed by atoms with Gasteiger partial charge in [-0.2, -0.15) is 0 Å². The molecule has 0 radical (unpaired) electrons. The Morgan fingerprint density at radius 2 is 2.40 bits per heavy atom. The van der Waals surface area contributed by atoms with Gasteiger partial charge in [-0.1, -0.05) is 0 Å². The van der Waals surface area contributed by atoms with Crippen LogP contribution < -0.4 is 5.73 Å². The van der Waals surface area contributed by atoms with Crippen LogP contribution in [-0.2, 0) is 4.79 Å². The number of rotatable bonds is 3. The van der Waals surface area contributed by atoms with Crippen molar-refractivity contribution in [2.45, 2.75) is 18.4 Å². The summed E-state index contributed by atoms with van der Waals surface area (Å²) >= 11 is 0. The van der Waals surface area contributed by atoms with Crippen LogP contribution in [0.15, 0.2) is 0 Å². The van der Waals surface area contributed by atoms with Crippen LogP contribution in [0.2, 0.25) is 0 Å². The Morgan fingerprint density at radius 1 is 1.80 bits per heavy atom. The van der Waals surface area contributed by atoms with E-state index < -0.39 is 11.5 Å². The second-order valence-electron chi connectivity index (χ2n) is 2.76. The maximum absolute atomic E-state index is 10.4. The number of nitrogens with two attached hydrogens (primary N) is 1. The highest BCUT2D eigenvalue weighted by molar-refractivity contribution is 5.82. The molecule has 58 valence electrons. The molecule has 10 heavy (non-hydrogen) atoms. The van der Waals surface area contributed by atoms with Crippen LogP contribution in [0.4, 0.5) is 0 Å². The lowest BCUT2D eigenvalue weighted by molar-refractivity contribution is -0.140. The molecule has 0 bridgehead atoms. The lowest BCUT2D eigenvalue weighted by atomic mass is 10.2. The third-order valence-corrected chi connectivity index (χ3v) is 2.03. The number of hydrogen-bond donors (Lipinski definition) is 3. The van der Waals surface area contributed by atoms with E-state index in [1.54, 1.807) is 0 Å². The zero-order valence-corrected chi connectivity index (χ0v) is 5.58. The molecule has 1 saturated carbocycles. The maximum atomic E-state index is 10.4. The number of aliphatic hydroxyl groups is 1. The average Bonchev–Trinajstić information content (AvgIpc) is 2.45. The molecule has 1 aliphatic rings. The third kappa shape index (κ3) is 0.998. The molecule has 0 aromatic carbocycles. The Kier molecular flexibility index (Phi) is 1.66. The first kappa shape index (κ1) is 7.50. The summed E-state index contributed by atoms with van der Waals surface area (Å²) in [6.45, 7) is 0.0247. The van der Waals surface area contributed by atoms with Crippen LogP contribution in [0, 0.1) is 5.92 Å². The van der Waals surface area contributed by atoms with Gasteiger partial charge in [-0.15, -0.1) is 0 Å². The van der Waals surface area contributed by atoms with E-state index in [1.807, 2.05) is 0 Å². The maximum Gasteiger partial charge on any atom is 0.323 e. The summed E-state index contributed by atoms with van der Waals surface area (Å²) < 4.78 is 0. The van der Waals surface area contributed by atoms with E-state index in [1.165, 1.54) is 0 Å². The SMILES string of the molecule is N[C@@]1(C(=O)O)C[C@H]1CCO. The van der Waals surface area contributed by atoms with E-state index in [-0.39, 0.29) is 12.5 Å². The molecule has 0 spiro atoms. The van der Waals surface area contributed by atoms with Crippen LogP contribution in [0.1, 0.15) is 12.8 Å². The normalized spacial score (nSPS) is 37.6. The lowest BCUT2D eigenvalue weighted by Crippen LogP contribution is -2.35. The first-order valence-electron chi connectivity index (χ1n) is 3.24. The van der Waals surface area contributed by atoms with Crippen LogP contribution in [0.3, 0.4) is 0 Å². The highest BCUT2D eigenvalue weighted by atomic mass is 16.4. The largest absolute Gasteiger partial charge is 0.480 e. The van der Waals surface area contributed by atoms with Crippen molar-refractivity contribution < 1.29 is 15.0 Å². The highest BCUT2D eigenvalue weighted by Crippen LogP contribution is 2.43. The molecule has 0 aliphatic heterocycles. The number of hydrogen-bond acceptors (Lipinski definition) is 3. The van der Waals surface area contributed by atoms with Gasteiger partial charge in [0.2, 0.25) is 0 Å². The lowest BCUT2D eigenvalue weighted by Gasteiger charge is -2.02. The molecule has 1 aliphatic carbocycles. The first-order valence-corrected chi connectivity index (χ1v) is 3.24. The minimum Gasteiger partial charge on any atom is -0.480 e. The quantitative estimate of drug-likeness (QED) is 0.484. The summed E-state index contributed by atoms with van der Waals surface area (Å²) in [5.41, 5.74) is 4.38. The van der Waals surface area contributed by atoms with Gasteiger partial charge in [0.25, 0.3) is 0 Å². The highest BCUT2D eigenvalue weighted by Gasteiger charge is 2.56. The molecule has 0 heterocycles. The van der Waals surface area contributed by atoms with Crippen LogP contribution in [0.5, 0.6) is 0 Å². The van der Waals surface area contributed by atoms with Crippen molar-refractivity contribution in [3.05, 3.63) is 0 Å². The van der Waals surface area contributed by atoms with Crippen molar-refractivity contribution in [2.75, 3.05) is 6.61 Å². The molecule has 0 aromatic rings. The Balaban J connectivity index is 2.40. The molecule has 4 N–H and O–H groups in total. The summed E-state index contributed by atoms with van der Waals surface area (Å²) in [5.74, 6) is -0.971. The van der Waals surface area contributed by atoms with Crippen LogP contribution >= 0.6 is 0 Å². The van der Waals surface area contributed by atoms with E-state index in [2.05, 4.69) is 0 Å². The Morgan fingerprint density at radius 3 is 2.70 bits per heavy atom. The number of carbonyl (C=O) groups is 1. The van der Waals surface area contributed by atoms with Crippen molar-refractivity contribution in [3.63, 3.8) is 0 Å². The molecule has 2 atom stereocenters. The second kappa shape index (κ2) is 2.21. The van der Waals surface area contributed by atoms with E-state index in [0.717, 1.165) is 0 Å². The molecule has 1 fully saturated rings. The summed E-state index contributed by atoms with van der Waals surface area (Å²) in [7, 11) is 0. The van der Waals surface area contributed by atoms with Gasteiger partial charge in [-0.3, -0.25) is 4.79 Å². The number of carboxylic acids is 1. The van der Waals surface area contributed by atoms with Crippen molar-refractivity contribution in [1.29, 1.82) is 0 Å². The van der Waals surface area contributed by atoms with E-state index in [4.69, 9.17) is 15.9 Å². The fraction of sp³-hybridized carbons (Fsp3) is 0.833. The second-order valence-corrected chi connectivity index (χ2v) is 2.76. The van der Waals surface area contributed by atoms with Gasteiger partial charge in [-0.05, 0) is 18.8 Å². The minimum absolute atomic E-state index is 0.0185. The monoisotopic (exact) mass is 145 g/mol. The van der Waals surface area contributed by atoms with Crippen molar-refractivity contribution in [2.24, 2.45) is 11.7 Å². The molecule has 0 aromatic heterocycles. The smallest absolute Gasteiger partial charge is 0.323 e. The molecule has 0 amide bonds. The van der Waals surface area contributed by atoms with Crippen molar-refractivity contribution in [1.82, 2.24) is 0 Å². The minimum atomic E-state index is -1.03. The van der Waals surface area contributed by atoms with Crippen molar-refractivity contribution >= 4 is 5.97 Å². The van der Waals surface area contributed by atoms with Gasteiger partial charge in [0.05, 0.1) is 0 Å². The predicted octanol–water partition coefficient (Wildman–Crippen LogP) is -0.829. The Hall–Kier alpha value is -0.610. The van der Waals surface area contributed by atoms with Crippen LogP contribution in [0.25, 0.3) is 0 Å². The molecular weight excluding hydrogens is 134 g/mol. The molecule has 0 saturated heterocycles. The standard InChI is InChI=1S/C6H11NO3/c7-6(5(9)10)3-4(6)1-2-8/h4,8H,1-3,7H2,(H,9,10)/t4-,6+/m1/s1. The fourth-order valence-electron chi connectivity index (χ4n) is 1.13. The number of aliphatic hydroxyl groups excluding tert-OH is 1. The number of aliphatic carboxylic acids is 1. The molecular formula is C6H11NO3. The predicted molar refractivity (Wildman–Crippen MR) is 34.4 cm³/mol. The average molecular weight is 145 g/mol. The molecule has 4 nitrogen and oxygen atoms in total. The van der Waals surface area contributed by atoms with Gasteiger partial charge >= 0.3 is 5.97 Å². The molecule has 4 heteroatoms. The summed E-state index contributed by atoms with van der Waals surface area (Å²) in [5, 5.41) is 16.9. The first-order chi connectivity index (χ1) is 4.61. The summed E-state index contributed by atoms with van der Waals surface area (Å²) in [4.78, 5) is 10.4. The number of carboxylic acid groups (broad SMARTS) is 1. The summed E-state index contributed by atoms with van der Waals surface area (Å²) in [6, 6.07) is 0. The van der Waals surface area contributed by atoms with Gasteiger partial charge in [0.1, 0.15) is 5.54 Å². The van der Waals surface area contributed by atoms with E-state index in [9.17, 15) is 4.79 Å². The zero-order chi connectivity index (χ0) is 7.78. The molecule has 0 unspecified atom stereocenters. The van der Waals surface area contributed by atoms with Gasteiger partial charge in [0.15, 0.2) is 0 Å². The van der Waals surface area contributed by atoms with Crippen LogP contribution in [-0.4, -0.2) is 28.3 Å². The van der Waals surface area contributed by atoms with Gasteiger partial charge < -0.3 is 15.9 Å². The van der Waals surface area contributed by atoms with Crippen molar-refractivity contribution in [3.8, 4) is 0 Å². The van der Waals surface area contributed by atoms with E-state index in [0.29, 0.717) is 12.8 Å². The zero-order valence-electron chi connectivity index (χ0n) is 5.58. The molecule has 1 rings (SSSR count). The van der Waals surface area contributed by atoms with Gasteiger partial charge in [-0.25, -0.2) is 0 Å². The Labute approximate surface area is 58.6 Å². The Bertz CT molecular complexity index is 159. The van der Waals surface area contributed by atoms with E-state index >= 15 is 0 Å². The third-order valence-electron chi connectivity index (χ3n) is 2.03. The topological polar surface area (TPSA) is 83.6 Å². The van der Waals surface area contributed by atoms with Gasteiger partial charge in [0, 0.05) is 6.61 Å². The summed E-state index contributed by atoms with van der Waals surface area (Å²) in [6.07, 6.45) is 1.01. The fourth-order valence-corrected chi connectivity index (χ4v) is 1.13.